The van der Waals surface area contributed by atoms with E-state index < -0.39 is 0 Å². The molecule has 0 spiro atoms. The van der Waals surface area contributed by atoms with E-state index in [4.69, 9.17) is 4.74 Å². The average molecular weight is 264 g/mol. The SMILES string of the molecule is CCCCC(CC)C(O)Cc1cc(C)ccc1OC. The van der Waals surface area contributed by atoms with Crippen LogP contribution in [0.3, 0.4) is 0 Å². The number of aliphatic hydroxyl groups excluding tert-OH is 1. The topological polar surface area (TPSA) is 29.5 Å². The molecule has 0 heterocycles. The molecular weight excluding hydrogens is 236 g/mol. The van der Waals surface area contributed by atoms with Crippen molar-refractivity contribution in [2.24, 2.45) is 5.92 Å². The molecule has 19 heavy (non-hydrogen) atoms. The molecule has 1 aromatic rings. The van der Waals surface area contributed by atoms with Crippen LogP contribution in [0.2, 0.25) is 0 Å². The predicted molar refractivity (Wildman–Crippen MR) is 80.7 cm³/mol. The van der Waals surface area contributed by atoms with Crippen LogP contribution in [0.25, 0.3) is 0 Å². The molecule has 0 fully saturated rings. The molecule has 0 bridgehead atoms. The molecule has 0 aliphatic heterocycles. The lowest BCUT2D eigenvalue weighted by atomic mass is 9.89. The van der Waals surface area contributed by atoms with E-state index in [-0.39, 0.29) is 6.10 Å². The fraction of sp³-hybridized carbons (Fsp3) is 0.647. The summed E-state index contributed by atoms with van der Waals surface area (Å²) in [4.78, 5) is 0. The van der Waals surface area contributed by atoms with Crippen molar-refractivity contribution in [2.45, 2.75) is 59.0 Å². The Balaban J connectivity index is 2.73. The van der Waals surface area contributed by atoms with Crippen molar-refractivity contribution < 1.29 is 9.84 Å². The molecule has 1 rings (SSSR count). The minimum atomic E-state index is -0.271. The van der Waals surface area contributed by atoms with Gasteiger partial charge in [-0.3, -0.25) is 0 Å². The number of benzene rings is 1. The van der Waals surface area contributed by atoms with Crippen LogP contribution in [0.15, 0.2) is 18.2 Å². The van der Waals surface area contributed by atoms with Crippen molar-refractivity contribution in [2.75, 3.05) is 7.11 Å². The number of ether oxygens (including phenoxy) is 1. The molecular formula is C17H28O2. The smallest absolute Gasteiger partial charge is 0.122 e. The van der Waals surface area contributed by atoms with Crippen LogP contribution < -0.4 is 4.74 Å². The molecule has 2 unspecified atom stereocenters. The standard InChI is InChI=1S/C17H28O2/c1-5-7-8-14(6-2)16(18)12-15-11-13(3)9-10-17(15)19-4/h9-11,14,16,18H,5-8,12H2,1-4H3. The zero-order valence-corrected chi connectivity index (χ0v) is 12.8. The van der Waals surface area contributed by atoms with E-state index in [1.165, 1.54) is 18.4 Å². The Morgan fingerprint density at radius 2 is 2.00 bits per heavy atom. The fourth-order valence-corrected chi connectivity index (χ4v) is 2.59. The van der Waals surface area contributed by atoms with E-state index in [9.17, 15) is 5.11 Å². The molecule has 1 N–H and O–H groups in total. The summed E-state index contributed by atoms with van der Waals surface area (Å²) < 4.78 is 5.38. The van der Waals surface area contributed by atoms with E-state index >= 15 is 0 Å². The maximum atomic E-state index is 10.4. The third-order valence-electron chi connectivity index (χ3n) is 3.86. The van der Waals surface area contributed by atoms with Gasteiger partial charge in [0, 0.05) is 6.42 Å². The van der Waals surface area contributed by atoms with E-state index in [0.29, 0.717) is 12.3 Å². The maximum absolute atomic E-state index is 10.4. The quantitative estimate of drug-likeness (QED) is 0.765. The normalized spacial score (nSPS) is 14.2. The van der Waals surface area contributed by atoms with Crippen molar-refractivity contribution in [1.29, 1.82) is 0 Å². The van der Waals surface area contributed by atoms with Crippen LogP contribution in [0.1, 0.15) is 50.7 Å². The van der Waals surface area contributed by atoms with Gasteiger partial charge in [-0.25, -0.2) is 0 Å². The number of rotatable bonds is 8. The van der Waals surface area contributed by atoms with Crippen molar-refractivity contribution in [3.63, 3.8) is 0 Å². The first-order chi connectivity index (χ1) is 9.12. The number of unbranched alkanes of at least 4 members (excludes halogenated alkanes) is 1. The molecule has 0 aliphatic carbocycles. The number of hydrogen-bond donors (Lipinski definition) is 1. The highest BCUT2D eigenvalue weighted by molar-refractivity contribution is 5.37. The Bertz CT molecular complexity index is 374. The summed E-state index contributed by atoms with van der Waals surface area (Å²) in [5.74, 6) is 1.28. The van der Waals surface area contributed by atoms with Gasteiger partial charge in [0.1, 0.15) is 5.75 Å². The number of methoxy groups -OCH3 is 1. The van der Waals surface area contributed by atoms with Gasteiger partial charge in [0.2, 0.25) is 0 Å². The second kappa shape index (κ2) is 8.21. The van der Waals surface area contributed by atoms with Gasteiger partial charge in [-0.05, 0) is 30.9 Å². The van der Waals surface area contributed by atoms with E-state index in [1.807, 2.05) is 12.1 Å². The first-order valence-electron chi connectivity index (χ1n) is 7.43. The highest BCUT2D eigenvalue weighted by Gasteiger charge is 2.19. The van der Waals surface area contributed by atoms with Crippen LogP contribution >= 0.6 is 0 Å². The number of hydrogen-bond acceptors (Lipinski definition) is 2. The van der Waals surface area contributed by atoms with E-state index in [2.05, 4.69) is 26.8 Å². The molecule has 0 aliphatic rings. The third-order valence-corrected chi connectivity index (χ3v) is 3.86. The maximum Gasteiger partial charge on any atom is 0.122 e. The van der Waals surface area contributed by atoms with Crippen LogP contribution in [0.5, 0.6) is 5.75 Å². The van der Waals surface area contributed by atoms with Gasteiger partial charge in [-0.1, -0.05) is 50.8 Å². The highest BCUT2D eigenvalue weighted by Crippen LogP contribution is 2.25. The van der Waals surface area contributed by atoms with Crippen molar-refractivity contribution in [3.8, 4) is 5.75 Å². The molecule has 1 aromatic carbocycles. The first-order valence-corrected chi connectivity index (χ1v) is 7.43. The monoisotopic (exact) mass is 264 g/mol. The van der Waals surface area contributed by atoms with Gasteiger partial charge in [0.05, 0.1) is 13.2 Å². The highest BCUT2D eigenvalue weighted by atomic mass is 16.5. The molecule has 2 heteroatoms. The Kier molecular flexibility index (Phi) is 6.93. The van der Waals surface area contributed by atoms with E-state index in [1.54, 1.807) is 7.11 Å². The van der Waals surface area contributed by atoms with Gasteiger partial charge >= 0.3 is 0 Å². The van der Waals surface area contributed by atoms with Crippen LogP contribution in [0, 0.1) is 12.8 Å². The first kappa shape index (κ1) is 16.0. The van der Waals surface area contributed by atoms with Gasteiger partial charge in [0.15, 0.2) is 0 Å². The molecule has 108 valence electrons. The number of aryl methyl sites for hydroxylation is 1. The fourth-order valence-electron chi connectivity index (χ4n) is 2.59. The summed E-state index contributed by atoms with van der Waals surface area (Å²) in [5.41, 5.74) is 2.33. The summed E-state index contributed by atoms with van der Waals surface area (Å²) in [7, 11) is 1.69. The largest absolute Gasteiger partial charge is 0.496 e. The zero-order chi connectivity index (χ0) is 14.3. The summed E-state index contributed by atoms with van der Waals surface area (Å²) in [6.07, 6.45) is 4.95. The lowest BCUT2D eigenvalue weighted by Crippen LogP contribution is -2.22. The van der Waals surface area contributed by atoms with Crippen molar-refractivity contribution in [3.05, 3.63) is 29.3 Å². The Labute approximate surface area is 117 Å². The van der Waals surface area contributed by atoms with Gasteiger partial charge < -0.3 is 9.84 Å². The van der Waals surface area contributed by atoms with Crippen LogP contribution in [-0.2, 0) is 6.42 Å². The van der Waals surface area contributed by atoms with Crippen molar-refractivity contribution in [1.82, 2.24) is 0 Å². The minimum Gasteiger partial charge on any atom is -0.496 e. The Morgan fingerprint density at radius 3 is 2.58 bits per heavy atom. The third kappa shape index (κ3) is 4.87. The molecule has 0 aromatic heterocycles. The van der Waals surface area contributed by atoms with Crippen LogP contribution in [-0.4, -0.2) is 18.3 Å². The lowest BCUT2D eigenvalue weighted by Gasteiger charge is -2.22. The van der Waals surface area contributed by atoms with Crippen LogP contribution in [0.4, 0.5) is 0 Å². The number of aliphatic hydroxyl groups is 1. The van der Waals surface area contributed by atoms with Gasteiger partial charge in [0.25, 0.3) is 0 Å². The Morgan fingerprint density at radius 1 is 1.26 bits per heavy atom. The van der Waals surface area contributed by atoms with Gasteiger partial charge in [-0.2, -0.15) is 0 Å². The summed E-state index contributed by atoms with van der Waals surface area (Å²) in [6.45, 7) is 6.43. The van der Waals surface area contributed by atoms with Crippen molar-refractivity contribution >= 4 is 0 Å². The molecule has 0 radical (unpaired) electrons. The summed E-state index contributed by atoms with van der Waals surface area (Å²) >= 11 is 0. The lowest BCUT2D eigenvalue weighted by molar-refractivity contribution is 0.0981. The predicted octanol–water partition coefficient (Wildman–Crippen LogP) is 4.12. The summed E-state index contributed by atoms with van der Waals surface area (Å²) in [6, 6.07) is 6.15. The second-order valence-corrected chi connectivity index (χ2v) is 5.40. The van der Waals surface area contributed by atoms with E-state index in [0.717, 1.165) is 24.2 Å². The molecule has 0 amide bonds. The Hall–Kier alpha value is -1.02. The average Bonchev–Trinajstić information content (AvgIpc) is 2.40. The molecule has 0 saturated carbocycles. The molecule has 2 atom stereocenters. The molecule has 0 saturated heterocycles. The zero-order valence-electron chi connectivity index (χ0n) is 12.8. The molecule has 2 nitrogen and oxygen atoms in total. The summed E-state index contributed by atoms with van der Waals surface area (Å²) in [5, 5.41) is 10.4. The van der Waals surface area contributed by atoms with Gasteiger partial charge in [-0.15, -0.1) is 0 Å². The minimum absolute atomic E-state index is 0.271. The second-order valence-electron chi connectivity index (χ2n) is 5.40.